The van der Waals surface area contributed by atoms with Crippen LogP contribution in [0.25, 0.3) is 0 Å². The Morgan fingerprint density at radius 2 is 2.50 bits per heavy atom. The lowest BCUT2D eigenvalue weighted by Gasteiger charge is -2.09. The number of rotatable bonds is 3. The molecule has 0 saturated carbocycles. The van der Waals surface area contributed by atoms with E-state index in [1.165, 1.54) is 18.4 Å². The lowest BCUT2D eigenvalue weighted by Crippen LogP contribution is -2.15. The van der Waals surface area contributed by atoms with Crippen LogP contribution in [0.15, 0.2) is 11.6 Å². The molecule has 2 rings (SSSR count). The second-order valence-electron chi connectivity index (χ2n) is 3.75. The summed E-state index contributed by atoms with van der Waals surface area (Å²) < 4.78 is 10.2. The number of ether oxygens (including phenoxy) is 2. The monoisotopic (exact) mass is 196 g/mol. The van der Waals surface area contributed by atoms with Gasteiger partial charge in [0, 0.05) is 0 Å². The van der Waals surface area contributed by atoms with Crippen LogP contribution in [0.2, 0.25) is 0 Å². The molecular weight excluding hydrogens is 180 g/mol. The number of carbonyl (C=O) groups excluding carboxylic acids is 1. The summed E-state index contributed by atoms with van der Waals surface area (Å²) in [7, 11) is 0. The third-order valence-corrected chi connectivity index (χ3v) is 2.70. The summed E-state index contributed by atoms with van der Waals surface area (Å²) in [6.07, 6.45) is 6.65. The zero-order valence-corrected chi connectivity index (χ0v) is 8.49. The van der Waals surface area contributed by atoms with Crippen molar-refractivity contribution in [2.45, 2.75) is 44.8 Å². The molecule has 0 spiro atoms. The summed E-state index contributed by atoms with van der Waals surface area (Å²) in [6.45, 7) is 2.25. The molecule has 1 fully saturated rings. The SMILES string of the molecule is CCOC(=O)C1OC1C1=CCCCC1. The number of hydrogen-bond donors (Lipinski definition) is 0. The molecule has 3 nitrogen and oxygen atoms in total. The van der Waals surface area contributed by atoms with E-state index in [2.05, 4.69) is 6.08 Å². The summed E-state index contributed by atoms with van der Waals surface area (Å²) in [5.41, 5.74) is 1.30. The van der Waals surface area contributed by atoms with E-state index in [1.54, 1.807) is 0 Å². The third kappa shape index (κ3) is 1.98. The van der Waals surface area contributed by atoms with Gasteiger partial charge in [-0.3, -0.25) is 0 Å². The van der Waals surface area contributed by atoms with Crippen LogP contribution in [0.3, 0.4) is 0 Å². The van der Waals surface area contributed by atoms with Crippen molar-refractivity contribution in [1.29, 1.82) is 0 Å². The second-order valence-corrected chi connectivity index (χ2v) is 3.75. The topological polar surface area (TPSA) is 38.8 Å². The molecule has 14 heavy (non-hydrogen) atoms. The van der Waals surface area contributed by atoms with Crippen LogP contribution in [0.1, 0.15) is 32.6 Å². The minimum Gasteiger partial charge on any atom is -0.464 e. The summed E-state index contributed by atoms with van der Waals surface area (Å²) in [6, 6.07) is 0. The van der Waals surface area contributed by atoms with Crippen LogP contribution < -0.4 is 0 Å². The molecule has 1 heterocycles. The van der Waals surface area contributed by atoms with Crippen molar-refractivity contribution in [1.82, 2.24) is 0 Å². The highest BCUT2D eigenvalue weighted by atomic mass is 16.6. The molecule has 1 saturated heterocycles. The van der Waals surface area contributed by atoms with Gasteiger partial charge in [-0.2, -0.15) is 0 Å². The zero-order chi connectivity index (χ0) is 9.97. The van der Waals surface area contributed by atoms with Gasteiger partial charge in [0.25, 0.3) is 0 Å². The lowest BCUT2D eigenvalue weighted by molar-refractivity contribution is -0.144. The van der Waals surface area contributed by atoms with Gasteiger partial charge in [-0.05, 0) is 38.2 Å². The van der Waals surface area contributed by atoms with Crippen LogP contribution in [-0.4, -0.2) is 24.8 Å². The molecule has 1 aliphatic carbocycles. The molecule has 2 unspecified atom stereocenters. The van der Waals surface area contributed by atoms with Gasteiger partial charge in [0.05, 0.1) is 6.61 Å². The first kappa shape index (κ1) is 9.71. The molecule has 78 valence electrons. The highest BCUT2D eigenvalue weighted by Crippen LogP contribution is 2.35. The van der Waals surface area contributed by atoms with Crippen LogP contribution >= 0.6 is 0 Å². The maximum atomic E-state index is 11.3. The van der Waals surface area contributed by atoms with Crippen molar-refractivity contribution in [3.63, 3.8) is 0 Å². The van der Waals surface area contributed by atoms with Crippen molar-refractivity contribution < 1.29 is 14.3 Å². The maximum Gasteiger partial charge on any atom is 0.338 e. The molecule has 0 bridgehead atoms. The Labute approximate surface area is 84.1 Å². The van der Waals surface area contributed by atoms with Gasteiger partial charge in [0.2, 0.25) is 0 Å². The standard InChI is InChI=1S/C11H16O3/c1-2-13-11(12)10-9(14-10)8-6-4-3-5-7-8/h6,9-10H,2-5,7H2,1H3. The van der Waals surface area contributed by atoms with E-state index in [0.29, 0.717) is 6.61 Å². The average molecular weight is 196 g/mol. The predicted molar refractivity (Wildman–Crippen MR) is 51.8 cm³/mol. The molecule has 3 heteroatoms. The highest BCUT2D eigenvalue weighted by molar-refractivity contribution is 5.79. The van der Waals surface area contributed by atoms with Gasteiger partial charge in [0.15, 0.2) is 6.10 Å². The van der Waals surface area contributed by atoms with E-state index in [-0.39, 0.29) is 18.2 Å². The van der Waals surface area contributed by atoms with Gasteiger partial charge in [-0.15, -0.1) is 0 Å². The lowest BCUT2D eigenvalue weighted by atomic mass is 9.96. The first-order chi connectivity index (χ1) is 6.83. The molecule has 0 N–H and O–H groups in total. The maximum absolute atomic E-state index is 11.3. The van der Waals surface area contributed by atoms with Gasteiger partial charge >= 0.3 is 5.97 Å². The smallest absolute Gasteiger partial charge is 0.338 e. The van der Waals surface area contributed by atoms with Crippen molar-refractivity contribution in [2.75, 3.05) is 6.61 Å². The molecule has 0 amide bonds. The summed E-state index contributed by atoms with van der Waals surface area (Å²) in [4.78, 5) is 11.3. The van der Waals surface area contributed by atoms with Crippen LogP contribution in [0.4, 0.5) is 0 Å². The highest BCUT2D eigenvalue weighted by Gasteiger charge is 2.48. The molecular formula is C11H16O3. The van der Waals surface area contributed by atoms with Gasteiger partial charge in [-0.1, -0.05) is 6.08 Å². The van der Waals surface area contributed by atoms with Crippen LogP contribution in [0, 0.1) is 0 Å². The molecule has 2 aliphatic rings. The minimum atomic E-state index is -0.306. The Morgan fingerprint density at radius 1 is 1.64 bits per heavy atom. The number of carbonyl (C=O) groups is 1. The third-order valence-electron chi connectivity index (χ3n) is 2.70. The van der Waals surface area contributed by atoms with E-state index in [4.69, 9.17) is 9.47 Å². The van der Waals surface area contributed by atoms with E-state index in [0.717, 1.165) is 12.8 Å². The minimum absolute atomic E-state index is 0.0364. The van der Waals surface area contributed by atoms with Gasteiger partial charge in [0.1, 0.15) is 6.10 Å². The van der Waals surface area contributed by atoms with Crippen LogP contribution in [0.5, 0.6) is 0 Å². The van der Waals surface area contributed by atoms with Gasteiger partial charge < -0.3 is 9.47 Å². The molecule has 0 aromatic rings. The largest absolute Gasteiger partial charge is 0.464 e. The predicted octanol–water partition coefficient (Wildman–Crippen LogP) is 1.82. The number of esters is 1. The number of epoxide rings is 1. The Kier molecular flexibility index (Phi) is 2.87. The Morgan fingerprint density at radius 3 is 3.14 bits per heavy atom. The van der Waals surface area contributed by atoms with E-state index < -0.39 is 0 Å². The van der Waals surface area contributed by atoms with Crippen molar-refractivity contribution in [3.8, 4) is 0 Å². The Bertz CT molecular complexity index is 257. The second kappa shape index (κ2) is 4.13. The molecule has 1 aliphatic heterocycles. The summed E-state index contributed by atoms with van der Waals surface area (Å²) in [5.74, 6) is -0.205. The fourth-order valence-electron chi connectivity index (χ4n) is 1.92. The molecule has 0 aromatic heterocycles. The zero-order valence-electron chi connectivity index (χ0n) is 8.49. The summed E-state index contributed by atoms with van der Waals surface area (Å²) >= 11 is 0. The van der Waals surface area contributed by atoms with E-state index in [9.17, 15) is 4.79 Å². The first-order valence-corrected chi connectivity index (χ1v) is 5.34. The van der Waals surface area contributed by atoms with E-state index in [1.807, 2.05) is 6.92 Å². The first-order valence-electron chi connectivity index (χ1n) is 5.34. The van der Waals surface area contributed by atoms with Crippen LogP contribution in [-0.2, 0) is 14.3 Å². The number of allylic oxidation sites excluding steroid dienone is 1. The van der Waals surface area contributed by atoms with Gasteiger partial charge in [-0.25, -0.2) is 4.79 Å². The summed E-state index contributed by atoms with van der Waals surface area (Å²) in [5, 5.41) is 0. The van der Waals surface area contributed by atoms with Crippen molar-refractivity contribution in [2.24, 2.45) is 0 Å². The van der Waals surface area contributed by atoms with Crippen molar-refractivity contribution >= 4 is 5.97 Å². The average Bonchev–Trinajstić information content (AvgIpc) is 2.99. The molecule has 2 atom stereocenters. The fourth-order valence-corrected chi connectivity index (χ4v) is 1.92. The van der Waals surface area contributed by atoms with Crippen molar-refractivity contribution in [3.05, 3.63) is 11.6 Å². The molecule has 0 radical (unpaired) electrons. The van der Waals surface area contributed by atoms with E-state index >= 15 is 0 Å². The number of hydrogen-bond acceptors (Lipinski definition) is 3. The Hall–Kier alpha value is -0.830. The molecule has 0 aromatic carbocycles. The fraction of sp³-hybridized carbons (Fsp3) is 0.727. The normalized spacial score (nSPS) is 30.8. The Balaban J connectivity index is 1.85. The quantitative estimate of drug-likeness (QED) is 0.392.